The van der Waals surface area contributed by atoms with Gasteiger partial charge in [0.15, 0.2) is 0 Å². The molecule has 3 aromatic heterocycles. The summed E-state index contributed by atoms with van der Waals surface area (Å²) in [5.41, 5.74) is 1.58. The topological polar surface area (TPSA) is 121 Å². The SMILES string of the molecule is O=C(O)N[C@H]1CN[C@H](C#Cc2cc3c(Nc4ccc(OCc5ccccn5)c(Cl)c4)ncnc3s2)C1. The number of hydrogen-bond acceptors (Lipinski definition) is 8. The quantitative estimate of drug-likeness (QED) is 0.276. The van der Waals surface area contributed by atoms with Crippen molar-refractivity contribution in [2.24, 2.45) is 0 Å². The van der Waals surface area contributed by atoms with Crippen LogP contribution in [0.15, 0.2) is 55.0 Å². The number of pyridine rings is 1. The van der Waals surface area contributed by atoms with Gasteiger partial charge in [-0.15, -0.1) is 11.3 Å². The normalized spacial score (nSPS) is 16.8. The Labute approximate surface area is 215 Å². The molecule has 1 fully saturated rings. The number of carbonyl (C=O) groups is 1. The van der Waals surface area contributed by atoms with Crippen LogP contribution in [0.3, 0.4) is 0 Å². The Morgan fingerprint density at radius 3 is 2.97 bits per heavy atom. The van der Waals surface area contributed by atoms with Gasteiger partial charge in [-0.3, -0.25) is 4.98 Å². The lowest BCUT2D eigenvalue weighted by molar-refractivity contribution is 0.190. The van der Waals surface area contributed by atoms with Crippen LogP contribution in [-0.2, 0) is 6.61 Å². The largest absolute Gasteiger partial charge is 0.486 e. The van der Waals surface area contributed by atoms with Crippen molar-refractivity contribution in [1.82, 2.24) is 25.6 Å². The second kappa shape index (κ2) is 10.8. The molecule has 0 aliphatic carbocycles. The Kier molecular flexibility index (Phi) is 7.13. The van der Waals surface area contributed by atoms with Crippen LogP contribution >= 0.6 is 22.9 Å². The van der Waals surface area contributed by atoms with Gasteiger partial charge in [0.1, 0.15) is 29.3 Å². The maximum atomic E-state index is 10.8. The number of nitrogens with one attached hydrogen (secondary N) is 3. The van der Waals surface area contributed by atoms with E-state index in [0.717, 1.165) is 26.5 Å². The van der Waals surface area contributed by atoms with Gasteiger partial charge in [0.05, 0.1) is 27.0 Å². The van der Waals surface area contributed by atoms with Crippen LogP contribution in [-0.4, -0.2) is 44.8 Å². The molecule has 9 nitrogen and oxygen atoms in total. The third-order valence-corrected chi connectivity index (χ3v) is 6.71. The summed E-state index contributed by atoms with van der Waals surface area (Å²) in [5.74, 6) is 7.57. The predicted octanol–water partition coefficient (Wildman–Crippen LogP) is 4.41. The van der Waals surface area contributed by atoms with Crippen molar-refractivity contribution in [2.75, 3.05) is 11.9 Å². The fraction of sp³-hybridized carbons (Fsp3) is 0.200. The van der Waals surface area contributed by atoms with Gasteiger partial charge in [0, 0.05) is 24.5 Å². The number of ether oxygens (including phenoxy) is 1. The molecule has 1 amide bonds. The van der Waals surface area contributed by atoms with Gasteiger partial charge in [0.2, 0.25) is 0 Å². The molecule has 5 rings (SSSR count). The van der Waals surface area contributed by atoms with Crippen LogP contribution < -0.4 is 20.7 Å². The zero-order valence-corrected chi connectivity index (χ0v) is 20.4. The molecule has 182 valence electrons. The van der Waals surface area contributed by atoms with Crippen molar-refractivity contribution in [2.45, 2.75) is 25.1 Å². The molecular weight excluding hydrogens is 500 g/mol. The van der Waals surface area contributed by atoms with Gasteiger partial charge in [0.25, 0.3) is 0 Å². The highest BCUT2D eigenvalue weighted by Gasteiger charge is 2.23. The minimum absolute atomic E-state index is 0.0729. The number of rotatable bonds is 6. The third-order valence-electron chi connectivity index (χ3n) is 5.45. The highest BCUT2D eigenvalue weighted by molar-refractivity contribution is 7.19. The average Bonchev–Trinajstić information content (AvgIpc) is 3.49. The fourth-order valence-corrected chi connectivity index (χ4v) is 4.87. The second-order valence-corrected chi connectivity index (χ2v) is 9.48. The van der Waals surface area contributed by atoms with Crippen molar-refractivity contribution in [3.63, 3.8) is 0 Å². The fourth-order valence-electron chi connectivity index (χ4n) is 3.77. The number of halogens is 1. The van der Waals surface area contributed by atoms with E-state index in [1.54, 1.807) is 18.3 Å². The molecule has 4 N–H and O–H groups in total. The number of thiophene rings is 1. The molecule has 1 aliphatic rings. The van der Waals surface area contributed by atoms with Gasteiger partial charge in [-0.05, 0) is 42.8 Å². The number of amides is 1. The minimum Gasteiger partial charge on any atom is -0.486 e. The van der Waals surface area contributed by atoms with Crippen LogP contribution in [0.5, 0.6) is 5.75 Å². The van der Waals surface area contributed by atoms with E-state index in [-0.39, 0.29) is 12.1 Å². The Morgan fingerprint density at radius 2 is 2.17 bits per heavy atom. The molecule has 0 saturated carbocycles. The van der Waals surface area contributed by atoms with Gasteiger partial charge in [-0.2, -0.15) is 0 Å². The van der Waals surface area contributed by atoms with E-state index >= 15 is 0 Å². The van der Waals surface area contributed by atoms with Crippen LogP contribution in [0, 0.1) is 11.8 Å². The highest BCUT2D eigenvalue weighted by Crippen LogP contribution is 2.33. The van der Waals surface area contributed by atoms with E-state index in [2.05, 4.69) is 42.7 Å². The van der Waals surface area contributed by atoms with Crippen molar-refractivity contribution >= 4 is 50.8 Å². The van der Waals surface area contributed by atoms with Crippen molar-refractivity contribution in [1.29, 1.82) is 0 Å². The van der Waals surface area contributed by atoms with E-state index in [4.69, 9.17) is 21.4 Å². The molecule has 2 atom stereocenters. The number of anilines is 2. The third kappa shape index (κ3) is 5.83. The van der Waals surface area contributed by atoms with Gasteiger partial charge in [-0.25, -0.2) is 14.8 Å². The zero-order valence-electron chi connectivity index (χ0n) is 18.9. The highest BCUT2D eigenvalue weighted by atomic mass is 35.5. The number of nitrogens with zero attached hydrogens (tertiary/aromatic N) is 3. The molecule has 1 aromatic carbocycles. The first kappa shape index (κ1) is 23.8. The summed E-state index contributed by atoms with van der Waals surface area (Å²) in [4.78, 5) is 25.5. The smallest absolute Gasteiger partial charge is 0.404 e. The zero-order chi connectivity index (χ0) is 24.9. The van der Waals surface area contributed by atoms with Crippen LogP contribution in [0.25, 0.3) is 10.2 Å². The van der Waals surface area contributed by atoms with Crippen molar-refractivity contribution in [3.05, 3.63) is 70.6 Å². The molecule has 4 aromatic rings. The number of hydrogen-bond donors (Lipinski definition) is 4. The van der Waals surface area contributed by atoms with Crippen LogP contribution in [0.2, 0.25) is 5.02 Å². The molecule has 0 unspecified atom stereocenters. The lowest BCUT2D eigenvalue weighted by atomic mass is 10.2. The molecule has 4 heterocycles. The molecule has 0 bridgehead atoms. The molecule has 0 radical (unpaired) electrons. The van der Waals surface area contributed by atoms with Crippen LogP contribution in [0.1, 0.15) is 17.0 Å². The summed E-state index contributed by atoms with van der Waals surface area (Å²) in [6.07, 6.45) is 2.83. The standard InChI is InChI=1S/C25H21ClN6O3S/c26-21-10-16(5-7-22(21)35-13-17-3-1-2-8-27-17)31-23-20-11-19(36-24(20)30-14-29-23)6-4-15-9-18(12-28-15)32-25(33)34/h1-3,5,7-8,10-11,14-15,18,28,32H,9,12-13H2,(H,33,34)(H,29,30,31)/t15-,18-/m1/s1. The Bertz CT molecular complexity index is 1450. The van der Waals surface area contributed by atoms with Gasteiger partial charge >= 0.3 is 6.09 Å². The molecule has 11 heteroatoms. The van der Waals surface area contributed by atoms with Crippen molar-refractivity contribution in [3.8, 4) is 17.6 Å². The number of fused-ring (bicyclic) bond motifs is 1. The molecule has 1 aliphatic heterocycles. The second-order valence-electron chi connectivity index (χ2n) is 8.04. The summed E-state index contributed by atoms with van der Waals surface area (Å²) in [6.45, 7) is 0.888. The number of aromatic nitrogens is 3. The van der Waals surface area contributed by atoms with E-state index in [1.165, 1.54) is 17.7 Å². The van der Waals surface area contributed by atoms with Gasteiger partial charge < -0.3 is 25.8 Å². The Balaban J connectivity index is 1.27. The van der Waals surface area contributed by atoms with E-state index in [9.17, 15) is 4.79 Å². The Hall–Kier alpha value is -3.91. The molecule has 0 spiro atoms. The summed E-state index contributed by atoms with van der Waals surface area (Å²) in [5, 5.41) is 19.2. The first-order valence-corrected chi connectivity index (χ1v) is 12.3. The molecular formula is C25H21ClN6O3S. The monoisotopic (exact) mass is 520 g/mol. The summed E-state index contributed by atoms with van der Waals surface area (Å²) < 4.78 is 5.80. The summed E-state index contributed by atoms with van der Waals surface area (Å²) >= 11 is 7.92. The number of carboxylic acid groups (broad SMARTS) is 1. The van der Waals surface area contributed by atoms with Gasteiger partial charge in [-0.1, -0.05) is 29.5 Å². The van der Waals surface area contributed by atoms with E-state index < -0.39 is 6.09 Å². The average molecular weight is 521 g/mol. The van der Waals surface area contributed by atoms with E-state index in [0.29, 0.717) is 36.2 Å². The van der Waals surface area contributed by atoms with Crippen molar-refractivity contribution < 1.29 is 14.6 Å². The number of benzene rings is 1. The lowest BCUT2D eigenvalue weighted by Crippen LogP contribution is -2.34. The summed E-state index contributed by atoms with van der Waals surface area (Å²) in [6, 6.07) is 12.8. The maximum absolute atomic E-state index is 10.8. The predicted molar refractivity (Wildman–Crippen MR) is 139 cm³/mol. The summed E-state index contributed by atoms with van der Waals surface area (Å²) in [7, 11) is 0. The van der Waals surface area contributed by atoms with E-state index in [1.807, 2.05) is 30.3 Å². The molecule has 1 saturated heterocycles. The Morgan fingerprint density at radius 1 is 1.25 bits per heavy atom. The molecule has 36 heavy (non-hydrogen) atoms. The van der Waals surface area contributed by atoms with Crippen LogP contribution in [0.4, 0.5) is 16.3 Å². The first-order valence-electron chi connectivity index (χ1n) is 11.1. The maximum Gasteiger partial charge on any atom is 0.404 e. The minimum atomic E-state index is -1.02. The lowest BCUT2D eigenvalue weighted by Gasteiger charge is -2.11. The first-order chi connectivity index (χ1) is 17.5.